The molecule has 0 atom stereocenters. The minimum Gasteiger partial charge on any atom is -0.495 e. The molecule has 0 saturated heterocycles. The SMILES string of the molecule is COc1cc(NC(=O)C/C(C)=N\NC(=O)c2ccc(F)cc2)c(OC)cc1Cl. The lowest BCUT2D eigenvalue weighted by molar-refractivity contribution is -0.115. The van der Waals surface area contributed by atoms with Crippen LogP contribution in [-0.4, -0.2) is 31.7 Å². The monoisotopic (exact) mass is 407 g/mol. The molecule has 2 N–H and O–H groups in total. The number of benzene rings is 2. The first-order chi connectivity index (χ1) is 13.3. The third-order valence-corrected chi connectivity index (χ3v) is 3.91. The molecule has 2 rings (SSSR count). The number of rotatable bonds is 7. The Bertz CT molecular complexity index is 901. The molecular formula is C19H19ClFN3O4. The van der Waals surface area contributed by atoms with E-state index in [0.29, 0.717) is 27.9 Å². The van der Waals surface area contributed by atoms with E-state index in [9.17, 15) is 14.0 Å². The Morgan fingerprint density at radius 3 is 2.36 bits per heavy atom. The molecule has 0 aliphatic rings. The van der Waals surface area contributed by atoms with Gasteiger partial charge in [-0.15, -0.1) is 0 Å². The smallest absolute Gasteiger partial charge is 0.271 e. The van der Waals surface area contributed by atoms with E-state index >= 15 is 0 Å². The molecule has 7 nitrogen and oxygen atoms in total. The first-order valence-electron chi connectivity index (χ1n) is 8.14. The lowest BCUT2D eigenvalue weighted by Gasteiger charge is -2.13. The number of anilines is 1. The molecule has 2 aromatic rings. The lowest BCUT2D eigenvalue weighted by Crippen LogP contribution is -2.21. The highest BCUT2D eigenvalue weighted by atomic mass is 35.5. The summed E-state index contributed by atoms with van der Waals surface area (Å²) in [5, 5.41) is 6.91. The van der Waals surface area contributed by atoms with Crippen LogP contribution in [0, 0.1) is 5.82 Å². The van der Waals surface area contributed by atoms with Gasteiger partial charge in [0, 0.05) is 23.4 Å². The maximum absolute atomic E-state index is 12.9. The van der Waals surface area contributed by atoms with Crippen molar-refractivity contribution in [2.24, 2.45) is 5.10 Å². The van der Waals surface area contributed by atoms with Gasteiger partial charge in [-0.05, 0) is 31.2 Å². The van der Waals surface area contributed by atoms with E-state index in [1.807, 2.05) is 0 Å². The van der Waals surface area contributed by atoms with Gasteiger partial charge in [0.05, 0.1) is 31.4 Å². The van der Waals surface area contributed by atoms with Crippen molar-refractivity contribution in [3.05, 3.63) is 52.8 Å². The summed E-state index contributed by atoms with van der Waals surface area (Å²) in [6.07, 6.45) is -0.0716. The number of methoxy groups -OCH3 is 2. The average molecular weight is 408 g/mol. The molecular weight excluding hydrogens is 389 g/mol. The fraction of sp³-hybridized carbons (Fsp3) is 0.211. The molecule has 0 bridgehead atoms. The fourth-order valence-corrected chi connectivity index (χ4v) is 2.47. The number of hydrogen-bond donors (Lipinski definition) is 2. The first kappa shape index (κ1) is 21.2. The predicted molar refractivity (Wildman–Crippen MR) is 105 cm³/mol. The van der Waals surface area contributed by atoms with Crippen LogP contribution in [0.25, 0.3) is 0 Å². The van der Waals surface area contributed by atoms with E-state index in [-0.39, 0.29) is 17.9 Å². The summed E-state index contributed by atoms with van der Waals surface area (Å²) in [5.41, 5.74) is 3.32. The summed E-state index contributed by atoms with van der Waals surface area (Å²) in [6.45, 7) is 1.59. The lowest BCUT2D eigenvalue weighted by atomic mass is 10.2. The van der Waals surface area contributed by atoms with Gasteiger partial charge in [-0.1, -0.05) is 11.6 Å². The maximum Gasteiger partial charge on any atom is 0.271 e. The van der Waals surface area contributed by atoms with Crippen molar-refractivity contribution in [1.82, 2.24) is 5.43 Å². The zero-order valence-electron chi connectivity index (χ0n) is 15.5. The molecule has 0 spiro atoms. The number of hydrazone groups is 1. The van der Waals surface area contributed by atoms with Gasteiger partial charge in [0.1, 0.15) is 17.3 Å². The Morgan fingerprint density at radius 2 is 1.75 bits per heavy atom. The normalized spacial score (nSPS) is 11.0. The quantitative estimate of drug-likeness (QED) is 0.541. The molecule has 0 heterocycles. The van der Waals surface area contributed by atoms with Crippen LogP contribution >= 0.6 is 11.6 Å². The number of hydrogen-bond acceptors (Lipinski definition) is 5. The Balaban J connectivity index is 1.99. The van der Waals surface area contributed by atoms with Gasteiger partial charge in [0.15, 0.2) is 0 Å². The van der Waals surface area contributed by atoms with E-state index in [0.717, 1.165) is 0 Å². The van der Waals surface area contributed by atoms with Crippen molar-refractivity contribution in [2.45, 2.75) is 13.3 Å². The molecule has 0 aromatic heterocycles. The van der Waals surface area contributed by atoms with Crippen LogP contribution in [-0.2, 0) is 4.79 Å². The van der Waals surface area contributed by atoms with E-state index in [1.165, 1.54) is 44.6 Å². The number of carbonyl (C=O) groups excluding carboxylic acids is 2. The number of amides is 2. The second-order valence-electron chi connectivity index (χ2n) is 5.71. The third kappa shape index (κ3) is 5.68. The number of halogens is 2. The Kier molecular flexibility index (Phi) is 7.34. The molecule has 28 heavy (non-hydrogen) atoms. The average Bonchev–Trinajstić information content (AvgIpc) is 2.67. The summed E-state index contributed by atoms with van der Waals surface area (Å²) in [5.74, 6) is -0.570. The van der Waals surface area contributed by atoms with E-state index in [2.05, 4.69) is 15.8 Å². The Hall–Kier alpha value is -3.13. The van der Waals surface area contributed by atoms with Crippen LogP contribution < -0.4 is 20.2 Å². The molecule has 9 heteroatoms. The van der Waals surface area contributed by atoms with Crippen LogP contribution in [0.2, 0.25) is 5.02 Å². The minimum absolute atomic E-state index is 0.0716. The van der Waals surface area contributed by atoms with Crippen LogP contribution in [0.1, 0.15) is 23.7 Å². The molecule has 0 unspecified atom stereocenters. The standard InChI is InChI=1S/C19H19ClFN3O4/c1-11(23-24-19(26)12-4-6-13(21)7-5-12)8-18(25)22-15-10-16(27-2)14(20)9-17(15)28-3/h4-7,9-10H,8H2,1-3H3,(H,22,25)(H,24,26)/b23-11-. The zero-order valence-corrected chi connectivity index (χ0v) is 16.3. The van der Waals surface area contributed by atoms with Crippen molar-refractivity contribution >= 4 is 34.8 Å². The fourth-order valence-electron chi connectivity index (χ4n) is 2.24. The third-order valence-electron chi connectivity index (χ3n) is 3.62. The molecule has 0 radical (unpaired) electrons. The molecule has 0 saturated carbocycles. The van der Waals surface area contributed by atoms with Crippen LogP contribution in [0.3, 0.4) is 0 Å². The van der Waals surface area contributed by atoms with E-state index in [1.54, 1.807) is 13.0 Å². The zero-order chi connectivity index (χ0) is 20.7. The van der Waals surface area contributed by atoms with Crippen molar-refractivity contribution in [2.75, 3.05) is 19.5 Å². The molecule has 148 valence electrons. The number of nitrogens with one attached hydrogen (secondary N) is 2. The predicted octanol–water partition coefficient (Wildman–Crippen LogP) is 3.63. The summed E-state index contributed by atoms with van der Waals surface area (Å²) in [4.78, 5) is 24.2. The van der Waals surface area contributed by atoms with Crippen LogP contribution in [0.5, 0.6) is 11.5 Å². The van der Waals surface area contributed by atoms with Gasteiger partial charge in [-0.2, -0.15) is 5.10 Å². The van der Waals surface area contributed by atoms with Gasteiger partial charge in [0.2, 0.25) is 5.91 Å². The first-order valence-corrected chi connectivity index (χ1v) is 8.52. The van der Waals surface area contributed by atoms with Crippen LogP contribution in [0.15, 0.2) is 41.5 Å². The highest BCUT2D eigenvalue weighted by Crippen LogP contribution is 2.35. The molecule has 0 aliphatic heterocycles. The summed E-state index contributed by atoms with van der Waals surface area (Å²) >= 11 is 6.03. The number of nitrogens with zero attached hydrogens (tertiary/aromatic N) is 1. The second kappa shape index (κ2) is 9.70. The molecule has 2 amide bonds. The molecule has 0 fully saturated rings. The Morgan fingerprint density at radius 1 is 1.11 bits per heavy atom. The Labute approximate surface area is 166 Å². The minimum atomic E-state index is -0.510. The summed E-state index contributed by atoms with van der Waals surface area (Å²) in [6, 6.07) is 8.09. The maximum atomic E-state index is 12.9. The van der Waals surface area contributed by atoms with Gasteiger partial charge in [-0.3, -0.25) is 9.59 Å². The van der Waals surface area contributed by atoms with E-state index < -0.39 is 11.7 Å². The second-order valence-corrected chi connectivity index (χ2v) is 6.11. The number of carbonyl (C=O) groups is 2. The van der Waals surface area contributed by atoms with Crippen molar-refractivity contribution in [3.63, 3.8) is 0 Å². The topological polar surface area (TPSA) is 89.0 Å². The van der Waals surface area contributed by atoms with Gasteiger partial charge in [-0.25, -0.2) is 9.82 Å². The van der Waals surface area contributed by atoms with Crippen LogP contribution in [0.4, 0.5) is 10.1 Å². The highest BCUT2D eigenvalue weighted by molar-refractivity contribution is 6.32. The van der Waals surface area contributed by atoms with Gasteiger partial charge < -0.3 is 14.8 Å². The molecule has 0 aliphatic carbocycles. The summed E-state index contributed by atoms with van der Waals surface area (Å²) < 4.78 is 23.2. The van der Waals surface area contributed by atoms with Crippen molar-refractivity contribution < 1.29 is 23.5 Å². The number of ether oxygens (including phenoxy) is 2. The summed E-state index contributed by atoms with van der Waals surface area (Å²) in [7, 11) is 2.91. The van der Waals surface area contributed by atoms with Gasteiger partial charge in [0.25, 0.3) is 5.91 Å². The van der Waals surface area contributed by atoms with Crippen molar-refractivity contribution in [3.8, 4) is 11.5 Å². The molecule has 2 aromatic carbocycles. The van der Waals surface area contributed by atoms with E-state index in [4.69, 9.17) is 21.1 Å². The van der Waals surface area contributed by atoms with Crippen molar-refractivity contribution in [1.29, 1.82) is 0 Å². The highest BCUT2D eigenvalue weighted by Gasteiger charge is 2.13. The largest absolute Gasteiger partial charge is 0.495 e. The van der Waals surface area contributed by atoms with Gasteiger partial charge >= 0.3 is 0 Å².